The van der Waals surface area contributed by atoms with E-state index in [4.69, 9.17) is 0 Å². The molecule has 0 bridgehead atoms. The first-order chi connectivity index (χ1) is 7.89. The van der Waals surface area contributed by atoms with Crippen molar-refractivity contribution in [2.24, 2.45) is 17.3 Å². The molecule has 2 heteroatoms. The van der Waals surface area contributed by atoms with Gasteiger partial charge in [-0.2, -0.15) is 0 Å². The van der Waals surface area contributed by atoms with Gasteiger partial charge in [0.1, 0.15) is 6.29 Å². The van der Waals surface area contributed by atoms with Crippen LogP contribution in [0, 0.1) is 17.3 Å². The third kappa shape index (κ3) is 2.20. The first kappa shape index (κ1) is 12.8. The van der Waals surface area contributed by atoms with Gasteiger partial charge in [0.25, 0.3) is 0 Å². The van der Waals surface area contributed by atoms with Gasteiger partial charge in [0.05, 0.1) is 5.60 Å². The third-order valence-corrected chi connectivity index (χ3v) is 5.28. The SMILES string of the molecule is C=C(C=O)[C@@H]1CC[C@@]2(C)CCC[C@@](C)(O)C2C1. The summed E-state index contributed by atoms with van der Waals surface area (Å²) in [6.07, 6.45) is 7.23. The monoisotopic (exact) mass is 236 g/mol. The number of aldehydes is 1. The lowest BCUT2D eigenvalue weighted by Gasteiger charge is -2.54. The standard InChI is InChI=1S/C15H24O2/c1-11(10-16)12-5-8-14(2)6-4-7-15(3,17)13(14)9-12/h10,12-13,17H,1,4-9H2,2-3H3/t12-,13?,14-,15-/m1/s1. The summed E-state index contributed by atoms with van der Waals surface area (Å²) in [7, 11) is 0. The largest absolute Gasteiger partial charge is 0.390 e. The molecule has 2 aliphatic carbocycles. The number of carbonyl (C=O) groups is 1. The van der Waals surface area contributed by atoms with Gasteiger partial charge in [0.15, 0.2) is 0 Å². The van der Waals surface area contributed by atoms with Crippen LogP contribution < -0.4 is 0 Å². The van der Waals surface area contributed by atoms with E-state index in [0.29, 0.717) is 11.5 Å². The Morgan fingerprint density at radius 3 is 2.71 bits per heavy atom. The molecule has 2 saturated carbocycles. The minimum atomic E-state index is -0.561. The number of hydrogen-bond acceptors (Lipinski definition) is 2. The van der Waals surface area contributed by atoms with Gasteiger partial charge in [-0.1, -0.05) is 19.9 Å². The molecule has 0 aromatic heterocycles. The molecule has 1 unspecified atom stereocenters. The van der Waals surface area contributed by atoms with Crippen LogP contribution in [0.2, 0.25) is 0 Å². The number of carbonyl (C=O) groups excluding carboxylic acids is 1. The van der Waals surface area contributed by atoms with E-state index in [1.807, 2.05) is 6.92 Å². The van der Waals surface area contributed by atoms with Gasteiger partial charge in [0, 0.05) is 0 Å². The van der Waals surface area contributed by atoms with Crippen molar-refractivity contribution in [3.8, 4) is 0 Å². The molecule has 0 aromatic carbocycles. The van der Waals surface area contributed by atoms with Crippen LogP contribution in [0.15, 0.2) is 12.2 Å². The highest BCUT2D eigenvalue weighted by Crippen LogP contribution is 2.55. The molecule has 0 radical (unpaired) electrons. The van der Waals surface area contributed by atoms with E-state index in [1.54, 1.807) is 0 Å². The first-order valence-electron chi connectivity index (χ1n) is 6.75. The minimum Gasteiger partial charge on any atom is -0.390 e. The number of aliphatic hydroxyl groups is 1. The summed E-state index contributed by atoms with van der Waals surface area (Å²) < 4.78 is 0. The van der Waals surface area contributed by atoms with Crippen LogP contribution in [0.4, 0.5) is 0 Å². The van der Waals surface area contributed by atoms with Crippen LogP contribution in [0.25, 0.3) is 0 Å². The Morgan fingerprint density at radius 2 is 2.06 bits per heavy atom. The second kappa shape index (κ2) is 4.24. The zero-order chi connectivity index (χ0) is 12.7. The number of fused-ring (bicyclic) bond motifs is 1. The van der Waals surface area contributed by atoms with E-state index in [1.165, 1.54) is 6.42 Å². The van der Waals surface area contributed by atoms with Gasteiger partial charge in [-0.15, -0.1) is 0 Å². The summed E-state index contributed by atoms with van der Waals surface area (Å²) in [4.78, 5) is 10.8. The van der Waals surface area contributed by atoms with Gasteiger partial charge < -0.3 is 5.11 Å². The van der Waals surface area contributed by atoms with Crippen LogP contribution in [-0.2, 0) is 4.79 Å². The van der Waals surface area contributed by atoms with Gasteiger partial charge in [0.2, 0.25) is 0 Å². The lowest BCUT2D eigenvalue weighted by molar-refractivity contribution is -0.122. The predicted molar refractivity (Wildman–Crippen MR) is 68.6 cm³/mol. The Hall–Kier alpha value is -0.630. The Balaban J connectivity index is 2.20. The van der Waals surface area contributed by atoms with Crippen molar-refractivity contribution in [3.63, 3.8) is 0 Å². The zero-order valence-corrected chi connectivity index (χ0v) is 11.0. The maximum atomic E-state index is 10.8. The van der Waals surface area contributed by atoms with Crippen molar-refractivity contribution >= 4 is 6.29 Å². The van der Waals surface area contributed by atoms with Crippen molar-refractivity contribution in [3.05, 3.63) is 12.2 Å². The molecule has 1 N–H and O–H groups in total. The molecule has 0 spiro atoms. The topological polar surface area (TPSA) is 37.3 Å². The van der Waals surface area contributed by atoms with Crippen LogP contribution in [-0.4, -0.2) is 17.0 Å². The normalized spacial score (nSPS) is 46.1. The van der Waals surface area contributed by atoms with Crippen molar-refractivity contribution in [2.75, 3.05) is 0 Å². The van der Waals surface area contributed by atoms with E-state index in [2.05, 4.69) is 13.5 Å². The fourth-order valence-corrected chi connectivity index (χ4v) is 4.13. The van der Waals surface area contributed by atoms with Crippen molar-refractivity contribution < 1.29 is 9.90 Å². The summed E-state index contributed by atoms with van der Waals surface area (Å²) in [5.74, 6) is 0.606. The second-order valence-corrected chi connectivity index (χ2v) is 6.58. The lowest BCUT2D eigenvalue weighted by atomic mass is 9.53. The molecule has 0 saturated heterocycles. The second-order valence-electron chi connectivity index (χ2n) is 6.58. The molecule has 0 heterocycles. The van der Waals surface area contributed by atoms with Gasteiger partial charge in [-0.3, -0.25) is 4.79 Å². The van der Waals surface area contributed by atoms with Gasteiger partial charge >= 0.3 is 0 Å². The summed E-state index contributed by atoms with van der Waals surface area (Å²) in [6.45, 7) is 8.14. The van der Waals surface area contributed by atoms with Crippen molar-refractivity contribution in [2.45, 2.75) is 58.0 Å². The van der Waals surface area contributed by atoms with Crippen molar-refractivity contribution in [1.82, 2.24) is 0 Å². The lowest BCUT2D eigenvalue weighted by Crippen LogP contribution is -2.51. The molecule has 2 fully saturated rings. The zero-order valence-electron chi connectivity index (χ0n) is 11.0. The number of allylic oxidation sites excluding steroid dienone is 1. The van der Waals surface area contributed by atoms with E-state index >= 15 is 0 Å². The molecule has 17 heavy (non-hydrogen) atoms. The molecule has 2 rings (SSSR count). The fourth-order valence-electron chi connectivity index (χ4n) is 4.13. The Bertz CT molecular complexity index is 332. The molecule has 2 nitrogen and oxygen atoms in total. The highest BCUT2D eigenvalue weighted by atomic mass is 16.3. The highest BCUT2D eigenvalue weighted by Gasteiger charge is 2.50. The minimum absolute atomic E-state index is 0.265. The molecule has 4 atom stereocenters. The van der Waals surface area contributed by atoms with E-state index in [0.717, 1.165) is 38.4 Å². The Labute approximate surface area is 104 Å². The molecular formula is C15H24O2. The maximum Gasteiger partial charge on any atom is 0.145 e. The van der Waals surface area contributed by atoms with Crippen LogP contribution >= 0.6 is 0 Å². The van der Waals surface area contributed by atoms with Crippen molar-refractivity contribution in [1.29, 1.82) is 0 Å². The molecular weight excluding hydrogens is 212 g/mol. The first-order valence-corrected chi connectivity index (χ1v) is 6.75. The number of hydrogen-bond donors (Lipinski definition) is 1. The molecule has 0 aromatic rings. The maximum absolute atomic E-state index is 10.8. The Morgan fingerprint density at radius 1 is 1.35 bits per heavy atom. The Kier molecular flexibility index (Phi) is 3.19. The summed E-state index contributed by atoms with van der Waals surface area (Å²) in [5, 5.41) is 10.6. The highest BCUT2D eigenvalue weighted by molar-refractivity contribution is 5.72. The van der Waals surface area contributed by atoms with E-state index in [-0.39, 0.29) is 11.3 Å². The van der Waals surface area contributed by atoms with Crippen LogP contribution in [0.1, 0.15) is 52.4 Å². The summed E-state index contributed by atoms with van der Waals surface area (Å²) in [6, 6.07) is 0. The quantitative estimate of drug-likeness (QED) is 0.591. The van der Waals surface area contributed by atoms with Crippen LogP contribution in [0.3, 0.4) is 0 Å². The average Bonchev–Trinajstić information content (AvgIpc) is 2.27. The average molecular weight is 236 g/mol. The smallest absolute Gasteiger partial charge is 0.145 e. The van der Waals surface area contributed by atoms with E-state index < -0.39 is 5.60 Å². The van der Waals surface area contributed by atoms with Gasteiger partial charge in [-0.25, -0.2) is 0 Å². The van der Waals surface area contributed by atoms with E-state index in [9.17, 15) is 9.90 Å². The van der Waals surface area contributed by atoms with Gasteiger partial charge in [-0.05, 0) is 61.9 Å². The third-order valence-electron chi connectivity index (χ3n) is 5.28. The number of rotatable bonds is 2. The molecule has 96 valence electrons. The molecule has 2 aliphatic rings. The predicted octanol–water partition coefficient (Wildman–Crippen LogP) is 3.10. The van der Waals surface area contributed by atoms with Crippen LogP contribution in [0.5, 0.6) is 0 Å². The summed E-state index contributed by atoms with van der Waals surface area (Å²) in [5.41, 5.74) is 0.421. The fraction of sp³-hybridized carbons (Fsp3) is 0.800. The molecule has 0 amide bonds. The molecule has 0 aliphatic heterocycles. The summed E-state index contributed by atoms with van der Waals surface area (Å²) >= 11 is 0.